The molecule has 0 atom stereocenters. The highest BCUT2D eigenvalue weighted by Crippen LogP contribution is 2.24. The number of hydrogen-bond acceptors (Lipinski definition) is 3. The van der Waals surface area contributed by atoms with Gasteiger partial charge in [0.25, 0.3) is 5.91 Å². The molecule has 6 heteroatoms. The molecule has 0 aliphatic heterocycles. The number of rotatable bonds is 6. The van der Waals surface area contributed by atoms with Gasteiger partial charge in [-0.05, 0) is 41.5 Å². The van der Waals surface area contributed by atoms with Crippen LogP contribution in [0.1, 0.15) is 21.5 Å². The SMILES string of the molecule is O=C(NCc1ccccc1)c1ccc2nc(SCc3ccc(F)cc3)[nH]c2c1. The normalized spacial score (nSPS) is 10.9. The van der Waals surface area contributed by atoms with Gasteiger partial charge in [0.15, 0.2) is 5.16 Å². The number of thioether (sulfide) groups is 1. The van der Waals surface area contributed by atoms with Gasteiger partial charge < -0.3 is 10.3 Å². The fourth-order valence-electron chi connectivity index (χ4n) is 2.81. The molecule has 1 aromatic heterocycles. The van der Waals surface area contributed by atoms with E-state index in [9.17, 15) is 9.18 Å². The van der Waals surface area contributed by atoms with Gasteiger partial charge in [-0.1, -0.05) is 54.2 Å². The molecule has 0 saturated heterocycles. The van der Waals surface area contributed by atoms with Crippen LogP contribution in [0.15, 0.2) is 78.0 Å². The van der Waals surface area contributed by atoms with Gasteiger partial charge in [0.1, 0.15) is 5.82 Å². The first-order valence-corrected chi connectivity index (χ1v) is 9.85. The Balaban J connectivity index is 1.42. The Morgan fingerprint density at radius 2 is 1.79 bits per heavy atom. The van der Waals surface area contributed by atoms with E-state index in [1.165, 1.54) is 23.9 Å². The molecule has 28 heavy (non-hydrogen) atoms. The highest BCUT2D eigenvalue weighted by Gasteiger charge is 2.09. The summed E-state index contributed by atoms with van der Waals surface area (Å²) in [7, 11) is 0. The highest BCUT2D eigenvalue weighted by atomic mass is 32.2. The van der Waals surface area contributed by atoms with E-state index >= 15 is 0 Å². The van der Waals surface area contributed by atoms with E-state index in [-0.39, 0.29) is 11.7 Å². The number of aromatic nitrogens is 2. The number of halogens is 1. The molecule has 0 bridgehead atoms. The van der Waals surface area contributed by atoms with Crippen molar-refractivity contribution in [2.45, 2.75) is 17.5 Å². The standard InChI is InChI=1S/C22H18FN3OS/c23-18-9-6-16(7-10-18)14-28-22-25-19-11-8-17(12-20(19)26-22)21(27)24-13-15-4-2-1-3-5-15/h1-12H,13-14H2,(H,24,27)(H,25,26). The monoisotopic (exact) mass is 391 g/mol. The Morgan fingerprint density at radius 1 is 1.00 bits per heavy atom. The van der Waals surface area contributed by atoms with Gasteiger partial charge in [-0.15, -0.1) is 0 Å². The topological polar surface area (TPSA) is 57.8 Å². The summed E-state index contributed by atoms with van der Waals surface area (Å²) in [6.07, 6.45) is 0. The largest absolute Gasteiger partial charge is 0.348 e. The van der Waals surface area contributed by atoms with Crippen molar-refractivity contribution in [1.82, 2.24) is 15.3 Å². The molecule has 140 valence electrons. The quantitative estimate of drug-likeness (QED) is 0.459. The molecule has 4 nitrogen and oxygen atoms in total. The van der Waals surface area contributed by atoms with Crippen LogP contribution in [0.5, 0.6) is 0 Å². The molecular weight excluding hydrogens is 373 g/mol. The zero-order chi connectivity index (χ0) is 19.3. The summed E-state index contributed by atoms with van der Waals surface area (Å²) in [4.78, 5) is 20.2. The molecule has 4 aromatic rings. The van der Waals surface area contributed by atoms with Gasteiger partial charge in [-0.25, -0.2) is 9.37 Å². The molecule has 1 heterocycles. The second kappa shape index (κ2) is 8.27. The van der Waals surface area contributed by atoms with E-state index < -0.39 is 0 Å². The van der Waals surface area contributed by atoms with Crippen molar-refractivity contribution in [3.63, 3.8) is 0 Å². The summed E-state index contributed by atoms with van der Waals surface area (Å²) in [5.74, 6) is 0.321. The van der Waals surface area contributed by atoms with Crippen molar-refractivity contribution >= 4 is 28.7 Å². The van der Waals surface area contributed by atoms with Gasteiger partial charge in [-0.3, -0.25) is 4.79 Å². The number of benzene rings is 3. The summed E-state index contributed by atoms with van der Waals surface area (Å²) in [6, 6.07) is 21.7. The summed E-state index contributed by atoms with van der Waals surface area (Å²) in [5.41, 5.74) is 4.28. The van der Waals surface area contributed by atoms with E-state index in [1.807, 2.05) is 42.5 Å². The van der Waals surface area contributed by atoms with Crippen molar-refractivity contribution in [3.05, 3.63) is 95.3 Å². The fraction of sp³-hybridized carbons (Fsp3) is 0.0909. The minimum atomic E-state index is -0.240. The molecular formula is C22H18FN3OS. The Kier molecular flexibility index (Phi) is 5.39. The maximum Gasteiger partial charge on any atom is 0.251 e. The van der Waals surface area contributed by atoms with Crippen LogP contribution >= 0.6 is 11.8 Å². The molecule has 0 unspecified atom stereocenters. The van der Waals surface area contributed by atoms with E-state index in [1.54, 1.807) is 18.2 Å². The van der Waals surface area contributed by atoms with Crippen LogP contribution in [0.2, 0.25) is 0 Å². The molecule has 0 saturated carbocycles. The van der Waals surface area contributed by atoms with Gasteiger partial charge in [0.2, 0.25) is 0 Å². The van der Waals surface area contributed by atoms with Crippen LogP contribution in [-0.2, 0) is 12.3 Å². The van der Waals surface area contributed by atoms with Crippen LogP contribution < -0.4 is 5.32 Å². The van der Waals surface area contributed by atoms with Gasteiger partial charge in [0.05, 0.1) is 11.0 Å². The first-order valence-electron chi connectivity index (χ1n) is 8.86. The third-order valence-electron chi connectivity index (χ3n) is 4.31. The molecule has 2 N–H and O–H groups in total. The van der Waals surface area contributed by atoms with Gasteiger partial charge in [-0.2, -0.15) is 0 Å². The lowest BCUT2D eigenvalue weighted by atomic mass is 10.1. The highest BCUT2D eigenvalue weighted by molar-refractivity contribution is 7.98. The Bertz CT molecular complexity index is 1090. The first kappa shape index (κ1) is 18.3. The molecule has 0 spiro atoms. The second-order valence-electron chi connectivity index (χ2n) is 6.36. The summed E-state index contributed by atoms with van der Waals surface area (Å²) in [5, 5.41) is 3.69. The van der Waals surface area contributed by atoms with Crippen LogP contribution in [0, 0.1) is 5.82 Å². The van der Waals surface area contributed by atoms with E-state index in [0.29, 0.717) is 17.9 Å². The Morgan fingerprint density at radius 3 is 2.57 bits per heavy atom. The summed E-state index contributed by atoms with van der Waals surface area (Å²) < 4.78 is 13.0. The lowest BCUT2D eigenvalue weighted by Crippen LogP contribution is -2.22. The number of hydrogen-bond donors (Lipinski definition) is 2. The zero-order valence-electron chi connectivity index (χ0n) is 15.0. The van der Waals surface area contributed by atoms with E-state index in [0.717, 1.165) is 27.3 Å². The maximum absolute atomic E-state index is 13.0. The maximum atomic E-state index is 13.0. The molecule has 0 aliphatic carbocycles. The van der Waals surface area contributed by atoms with Crippen LogP contribution in [-0.4, -0.2) is 15.9 Å². The van der Waals surface area contributed by atoms with E-state index in [4.69, 9.17) is 0 Å². The lowest BCUT2D eigenvalue weighted by Gasteiger charge is -2.05. The van der Waals surface area contributed by atoms with Crippen LogP contribution in [0.25, 0.3) is 11.0 Å². The van der Waals surface area contributed by atoms with Crippen LogP contribution in [0.3, 0.4) is 0 Å². The van der Waals surface area contributed by atoms with Crippen molar-refractivity contribution in [2.24, 2.45) is 0 Å². The number of nitrogens with one attached hydrogen (secondary N) is 2. The van der Waals surface area contributed by atoms with Crippen molar-refractivity contribution < 1.29 is 9.18 Å². The number of carbonyl (C=O) groups excluding carboxylic acids is 1. The molecule has 1 amide bonds. The number of nitrogens with zero attached hydrogens (tertiary/aromatic N) is 1. The minimum Gasteiger partial charge on any atom is -0.348 e. The number of aromatic amines is 1. The lowest BCUT2D eigenvalue weighted by molar-refractivity contribution is 0.0951. The average molecular weight is 391 g/mol. The molecule has 0 aliphatic rings. The predicted molar refractivity (Wildman–Crippen MR) is 110 cm³/mol. The number of H-pyrrole nitrogens is 1. The average Bonchev–Trinajstić information content (AvgIpc) is 3.14. The predicted octanol–water partition coefficient (Wildman–Crippen LogP) is 4.92. The van der Waals surface area contributed by atoms with Crippen molar-refractivity contribution in [1.29, 1.82) is 0 Å². The van der Waals surface area contributed by atoms with Gasteiger partial charge in [0, 0.05) is 17.9 Å². The molecule has 3 aromatic carbocycles. The smallest absolute Gasteiger partial charge is 0.251 e. The minimum absolute atomic E-state index is 0.124. The Labute approximate surface area is 166 Å². The van der Waals surface area contributed by atoms with Crippen molar-refractivity contribution in [2.75, 3.05) is 0 Å². The van der Waals surface area contributed by atoms with E-state index in [2.05, 4.69) is 15.3 Å². The number of imidazole rings is 1. The first-order chi connectivity index (χ1) is 13.7. The third-order valence-corrected chi connectivity index (χ3v) is 5.25. The number of carbonyl (C=O) groups is 1. The van der Waals surface area contributed by atoms with Crippen LogP contribution in [0.4, 0.5) is 4.39 Å². The number of amides is 1. The molecule has 0 radical (unpaired) electrons. The fourth-order valence-corrected chi connectivity index (χ4v) is 3.65. The third kappa shape index (κ3) is 4.40. The summed E-state index contributed by atoms with van der Waals surface area (Å²) in [6.45, 7) is 0.486. The zero-order valence-corrected chi connectivity index (χ0v) is 15.8. The molecule has 4 rings (SSSR count). The van der Waals surface area contributed by atoms with Gasteiger partial charge >= 0.3 is 0 Å². The Hall–Kier alpha value is -3.12. The second-order valence-corrected chi connectivity index (χ2v) is 7.32. The van der Waals surface area contributed by atoms with Crippen molar-refractivity contribution in [3.8, 4) is 0 Å². The number of fused-ring (bicyclic) bond motifs is 1. The molecule has 0 fully saturated rings. The summed E-state index contributed by atoms with van der Waals surface area (Å²) >= 11 is 1.54.